The molecule has 0 bridgehead atoms. The number of methoxy groups -OCH3 is 1. The predicted octanol–water partition coefficient (Wildman–Crippen LogP) is 1.80. The molecule has 0 unspecified atom stereocenters. The Balaban J connectivity index is 1.32. The van der Waals surface area contributed by atoms with Crippen molar-refractivity contribution in [3.63, 3.8) is 0 Å². The number of aromatic nitrogens is 4. The van der Waals surface area contributed by atoms with Crippen LogP contribution < -0.4 is 4.74 Å². The molecule has 29 heavy (non-hydrogen) atoms. The number of carbonyl (C=O) groups excluding carboxylic acids is 1. The number of hydrogen-bond acceptors (Lipinski definition) is 8. The normalized spacial score (nSPS) is 14.8. The molecular weight excluding hydrogens is 372 g/mol. The molecule has 1 aliphatic rings. The summed E-state index contributed by atoms with van der Waals surface area (Å²) in [5, 5.41) is 4.06. The van der Waals surface area contributed by atoms with Crippen LogP contribution in [0.2, 0.25) is 0 Å². The molecular formula is C20H22N6O3. The topological polar surface area (TPSA) is 97.5 Å². The van der Waals surface area contributed by atoms with Gasteiger partial charge in [-0.2, -0.15) is 4.98 Å². The van der Waals surface area contributed by atoms with Crippen LogP contribution in [0.25, 0.3) is 11.4 Å². The van der Waals surface area contributed by atoms with Gasteiger partial charge < -0.3 is 14.2 Å². The van der Waals surface area contributed by atoms with Gasteiger partial charge in [0.1, 0.15) is 11.4 Å². The molecule has 0 spiro atoms. The summed E-state index contributed by atoms with van der Waals surface area (Å²) in [6, 6.07) is 7.51. The Labute approximate surface area is 168 Å². The van der Waals surface area contributed by atoms with Crippen LogP contribution in [0.5, 0.6) is 5.75 Å². The van der Waals surface area contributed by atoms with Gasteiger partial charge >= 0.3 is 0 Å². The fraction of sp³-hybridized carbons (Fsp3) is 0.350. The summed E-state index contributed by atoms with van der Waals surface area (Å²) in [5.74, 6) is 1.80. The second kappa shape index (κ2) is 8.36. The van der Waals surface area contributed by atoms with E-state index in [-0.39, 0.29) is 5.91 Å². The minimum absolute atomic E-state index is 0.0864. The van der Waals surface area contributed by atoms with E-state index in [1.165, 1.54) is 6.20 Å². The van der Waals surface area contributed by atoms with E-state index in [0.29, 0.717) is 37.0 Å². The van der Waals surface area contributed by atoms with Crippen LogP contribution in [0.3, 0.4) is 0 Å². The molecule has 1 saturated heterocycles. The number of ether oxygens (including phenoxy) is 1. The second-order valence-corrected chi connectivity index (χ2v) is 6.85. The molecule has 1 amide bonds. The average Bonchev–Trinajstić information content (AvgIpc) is 3.23. The lowest BCUT2D eigenvalue weighted by atomic mass is 10.2. The molecule has 1 fully saturated rings. The highest BCUT2D eigenvalue weighted by molar-refractivity contribution is 5.92. The van der Waals surface area contributed by atoms with Crippen molar-refractivity contribution in [3.05, 3.63) is 53.9 Å². The molecule has 4 rings (SSSR count). The number of piperazine rings is 1. The summed E-state index contributed by atoms with van der Waals surface area (Å²) in [4.78, 5) is 29.3. The number of benzene rings is 1. The highest BCUT2D eigenvalue weighted by Crippen LogP contribution is 2.20. The van der Waals surface area contributed by atoms with Crippen molar-refractivity contribution >= 4 is 5.91 Å². The largest absolute Gasteiger partial charge is 0.497 e. The van der Waals surface area contributed by atoms with Crippen molar-refractivity contribution in [2.45, 2.75) is 13.5 Å². The molecule has 9 heteroatoms. The number of nitrogens with zero attached hydrogens (tertiary/aromatic N) is 6. The number of rotatable bonds is 5. The monoisotopic (exact) mass is 394 g/mol. The molecule has 0 radical (unpaired) electrons. The SMILES string of the molecule is COc1ccc(-c2noc(CN3CCN(C(=O)c4cnc(C)cn4)CC3)n2)cc1. The van der Waals surface area contributed by atoms with Crippen molar-refractivity contribution in [1.29, 1.82) is 0 Å². The Morgan fingerprint density at radius 2 is 1.86 bits per heavy atom. The van der Waals surface area contributed by atoms with Gasteiger partial charge in [0.25, 0.3) is 5.91 Å². The van der Waals surface area contributed by atoms with E-state index in [2.05, 4.69) is 25.0 Å². The Kier molecular flexibility index (Phi) is 5.48. The van der Waals surface area contributed by atoms with Crippen molar-refractivity contribution in [3.8, 4) is 17.1 Å². The van der Waals surface area contributed by atoms with Gasteiger partial charge in [-0.1, -0.05) is 5.16 Å². The molecule has 0 N–H and O–H groups in total. The van der Waals surface area contributed by atoms with E-state index in [4.69, 9.17) is 9.26 Å². The van der Waals surface area contributed by atoms with Crippen molar-refractivity contribution in [2.24, 2.45) is 0 Å². The molecule has 1 aromatic carbocycles. The lowest BCUT2D eigenvalue weighted by molar-refractivity contribution is 0.0609. The second-order valence-electron chi connectivity index (χ2n) is 6.85. The standard InChI is InChI=1S/C20H22N6O3/c1-14-11-22-17(12-21-14)20(27)26-9-7-25(8-10-26)13-18-23-19(24-29-18)15-3-5-16(28-2)6-4-15/h3-6,11-12H,7-10,13H2,1-2H3. The number of amides is 1. The van der Waals surface area contributed by atoms with Gasteiger partial charge in [-0.05, 0) is 31.2 Å². The van der Waals surface area contributed by atoms with E-state index < -0.39 is 0 Å². The molecule has 0 aliphatic carbocycles. The van der Waals surface area contributed by atoms with E-state index in [0.717, 1.165) is 30.1 Å². The van der Waals surface area contributed by atoms with Crippen LogP contribution in [-0.4, -0.2) is 69.1 Å². The van der Waals surface area contributed by atoms with Crippen LogP contribution in [-0.2, 0) is 6.54 Å². The number of carbonyl (C=O) groups is 1. The third kappa shape index (κ3) is 4.40. The summed E-state index contributed by atoms with van der Waals surface area (Å²) in [6.45, 7) is 5.09. The van der Waals surface area contributed by atoms with Crippen LogP contribution in [0.15, 0.2) is 41.2 Å². The smallest absolute Gasteiger partial charge is 0.274 e. The third-order valence-corrected chi connectivity index (χ3v) is 4.83. The van der Waals surface area contributed by atoms with E-state index in [9.17, 15) is 4.79 Å². The first-order chi connectivity index (χ1) is 14.1. The molecule has 150 valence electrons. The van der Waals surface area contributed by atoms with Crippen LogP contribution in [0.4, 0.5) is 0 Å². The summed E-state index contributed by atoms with van der Waals surface area (Å²) < 4.78 is 10.6. The van der Waals surface area contributed by atoms with Gasteiger partial charge in [-0.3, -0.25) is 14.7 Å². The molecule has 1 aliphatic heterocycles. The minimum atomic E-state index is -0.0864. The van der Waals surface area contributed by atoms with Crippen molar-refractivity contribution in [1.82, 2.24) is 29.9 Å². The van der Waals surface area contributed by atoms with Gasteiger partial charge in [0, 0.05) is 37.9 Å². The van der Waals surface area contributed by atoms with E-state index in [1.807, 2.05) is 31.2 Å². The quantitative estimate of drug-likeness (QED) is 0.646. The molecule has 2 aromatic heterocycles. The van der Waals surface area contributed by atoms with Gasteiger partial charge in [0.15, 0.2) is 0 Å². The first-order valence-corrected chi connectivity index (χ1v) is 9.39. The zero-order chi connectivity index (χ0) is 20.2. The van der Waals surface area contributed by atoms with E-state index >= 15 is 0 Å². The first kappa shape index (κ1) is 19.0. The Morgan fingerprint density at radius 3 is 2.52 bits per heavy atom. The average molecular weight is 394 g/mol. The molecule has 0 atom stereocenters. The Bertz CT molecular complexity index is 963. The molecule has 3 aromatic rings. The fourth-order valence-corrected chi connectivity index (χ4v) is 3.14. The maximum Gasteiger partial charge on any atom is 0.274 e. The molecule has 9 nitrogen and oxygen atoms in total. The number of hydrogen-bond donors (Lipinski definition) is 0. The molecule has 3 heterocycles. The highest BCUT2D eigenvalue weighted by atomic mass is 16.5. The number of aryl methyl sites for hydroxylation is 1. The van der Waals surface area contributed by atoms with Crippen LogP contribution in [0, 0.1) is 6.92 Å². The fourth-order valence-electron chi connectivity index (χ4n) is 3.14. The zero-order valence-corrected chi connectivity index (χ0v) is 16.4. The van der Waals surface area contributed by atoms with E-state index in [1.54, 1.807) is 18.2 Å². The van der Waals surface area contributed by atoms with Gasteiger partial charge in [-0.15, -0.1) is 0 Å². The maximum atomic E-state index is 12.5. The van der Waals surface area contributed by atoms with Gasteiger partial charge in [-0.25, -0.2) is 4.98 Å². The van der Waals surface area contributed by atoms with Crippen molar-refractivity contribution in [2.75, 3.05) is 33.3 Å². The minimum Gasteiger partial charge on any atom is -0.497 e. The van der Waals surface area contributed by atoms with Gasteiger partial charge in [0.05, 0.1) is 25.5 Å². The lowest BCUT2D eigenvalue weighted by Gasteiger charge is -2.33. The highest BCUT2D eigenvalue weighted by Gasteiger charge is 2.24. The maximum absolute atomic E-state index is 12.5. The zero-order valence-electron chi connectivity index (χ0n) is 16.4. The van der Waals surface area contributed by atoms with Gasteiger partial charge in [0.2, 0.25) is 11.7 Å². The summed E-state index contributed by atoms with van der Waals surface area (Å²) >= 11 is 0. The third-order valence-electron chi connectivity index (χ3n) is 4.83. The summed E-state index contributed by atoms with van der Waals surface area (Å²) in [5.41, 5.74) is 2.04. The Hall–Kier alpha value is -3.33. The summed E-state index contributed by atoms with van der Waals surface area (Å²) in [7, 11) is 1.63. The molecule has 0 saturated carbocycles. The summed E-state index contributed by atoms with van der Waals surface area (Å²) in [6.07, 6.45) is 3.14. The van der Waals surface area contributed by atoms with Crippen LogP contribution in [0.1, 0.15) is 22.1 Å². The first-order valence-electron chi connectivity index (χ1n) is 9.39. The lowest BCUT2D eigenvalue weighted by Crippen LogP contribution is -2.48. The Morgan fingerprint density at radius 1 is 1.10 bits per heavy atom. The van der Waals surface area contributed by atoms with Crippen LogP contribution >= 0.6 is 0 Å². The predicted molar refractivity (Wildman–Crippen MR) is 104 cm³/mol. The van der Waals surface area contributed by atoms with Crippen molar-refractivity contribution < 1.29 is 14.1 Å².